The van der Waals surface area contributed by atoms with Crippen LogP contribution in [0.5, 0.6) is 0 Å². The first-order valence-corrected chi connectivity index (χ1v) is 11.2. The normalized spacial score (nSPS) is 17.9. The minimum atomic E-state index is -1.23. The number of aryl methyl sites for hydroxylation is 1. The van der Waals surface area contributed by atoms with Crippen molar-refractivity contribution in [1.82, 2.24) is 20.0 Å². The fourth-order valence-corrected chi connectivity index (χ4v) is 4.53. The van der Waals surface area contributed by atoms with Crippen LogP contribution < -0.4 is 5.32 Å². The van der Waals surface area contributed by atoms with Gasteiger partial charge in [0.15, 0.2) is 0 Å². The Morgan fingerprint density at radius 1 is 1.15 bits per heavy atom. The molecular formula is C26H28N4O4. The zero-order chi connectivity index (χ0) is 24.1. The van der Waals surface area contributed by atoms with Crippen molar-refractivity contribution in [2.75, 3.05) is 20.3 Å². The summed E-state index contributed by atoms with van der Waals surface area (Å²) in [6.45, 7) is 2.61. The third-order valence-electron chi connectivity index (χ3n) is 6.22. The van der Waals surface area contributed by atoms with Gasteiger partial charge in [0, 0.05) is 38.9 Å². The molecule has 0 spiro atoms. The molecule has 34 heavy (non-hydrogen) atoms. The van der Waals surface area contributed by atoms with Crippen LogP contribution in [0.2, 0.25) is 0 Å². The molecule has 4 rings (SSSR count). The zero-order valence-corrected chi connectivity index (χ0v) is 19.4. The van der Waals surface area contributed by atoms with Crippen molar-refractivity contribution in [1.29, 1.82) is 0 Å². The molecule has 8 heteroatoms. The average Bonchev–Trinajstić information content (AvgIpc) is 3.45. The van der Waals surface area contributed by atoms with E-state index in [1.54, 1.807) is 10.9 Å². The SMILES string of the molecule is COCCN1C(=O)CC(CC(=O)NCc2cccc(-n3cccn3)c2)(c2ccccc2C)C1=O. The monoisotopic (exact) mass is 460 g/mol. The molecule has 3 aromatic rings. The second-order valence-corrected chi connectivity index (χ2v) is 8.49. The maximum atomic E-state index is 13.5. The topological polar surface area (TPSA) is 93.5 Å². The maximum absolute atomic E-state index is 13.5. The van der Waals surface area contributed by atoms with Crippen molar-refractivity contribution in [2.45, 2.75) is 31.7 Å². The van der Waals surface area contributed by atoms with Gasteiger partial charge in [0.1, 0.15) is 0 Å². The first-order valence-electron chi connectivity index (χ1n) is 11.2. The van der Waals surface area contributed by atoms with E-state index in [4.69, 9.17) is 4.74 Å². The number of imide groups is 1. The molecule has 2 aromatic carbocycles. The predicted molar refractivity (Wildman–Crippen MR) is 126 cm³/mol. The van der Waals surface area contributed by atoms with E-state index in [9.17, 15) is 14.4 Å². The van der Waals surface area contributed by atoms with Gasteiger partial charge in [0.05, 0.1) is 24.3 Å². The molecule has 3 amide bonds. The molecule has 1 saturated heterocycles. The molecule has 1 aliphatic rings. The Bertz CT molecular complexity index is 1190. The lowest BCUT2D eigenvalue weighted by Gasteiger charge is -2.28. The number of amides is 3. The number of nitrogens with one attached hydrogen (secondary N) is 1. The Morgan fingerprint density at radius 3 is 2.71 bits per heavy atom. The van der Waals surface area contributed by atoms with Crippen LogP contribution in [0, 0.1) is 6.92 Å². The molecule has 176 valence electrons. The molecular weight excluding hydrogens is 432 g/mol. The number of rotatable bonds is 9. The molecule has 0 radical (unpaired) electrons. The van der Waals surface area contributed by atoms with Crippen LogP contribution in [0.25, 0.3) is 5.69 Å². The molecule has 0 saturated carbocycles. The highest BCUT2D eigenvalue weighted by atomic mass is 16.5. The van der Waals surface area contributed by atoms with Crippen LogP contribution in [0.4, 0.5) is 0 Å². The summed E-state index contributed by atoms with van der Waals surface area (Å²) < 4.78 is 6.82. The quantitative estimate of drug-likeness (QED) is 0.496. The number of methoxy groups -OCH3 is 1. The summed E-state index contributed by atoms with van der Waals surface area (Å²) in [6.07, 6.45) is 3.41. The average molecular weight is 461 g/mol. The van der Waals surface area contributed by atoms with Crippen LogP contribution in [0.1, 0.15) is 29.5 Å². The van der Waals surface area contributed by atoms with Gasteiger partial charge in [-0.1, -0.05) is 36.4 Å². The number of carbonyl (C=O) groups is 3. The van der Waals surface area contributed by atoms with E-state index in [1.165, 1.54) is 12.0 Å². The highest BCUT2D eigenvalue weighted by Crippen LogP contribution is 2.41. The standard InChI is InChI=1S/C26H28N4O4/c1-19-7-3-4-10-22(19)26(17-24(32)29(25(26)33)13-14-34-2)16-23(31)27-18-20-8-5-9-21(15-20)30-12-6-11-28-30/h3-12,15H,13-14,16-18H2,1-2H3,(H,27,31). The summed E-state index contributed by atoms with van der Waals surface area (Å²) in [5.74, 6) is -0.924. The van der Waals surface area contributed by atoms with E-state index in [-0.39, 0.29) is 43.7 Å². The fourth-order valence-electron chi connectivity index (χ4n) is 4.53. The first kappa shape index (κ1) is 23.4. The molecule has 0 aliphatic carbocycles. The van der Waals surface area contributed by atoms with Gasteiger partial charge < -0.3 is 10.1 Å². The van der Waals surface area contributed by atoms with Gasteiger partial charge in [0.2, 0.25) is 17.7 Å². The third kappa shape index (κ3) is 4.63. The number of benzene rings is 2. The molecule has 1 fully saturated rings. The van der Waals surface area contributed by atoms with Crippen molar-refractivity contribution in [3.8, 4) is 5.69 Å². The van der Waals surface area contributed by atoms with Gasteiger partial charge in [-0.05, 0) is 41.8 Å². The largest absolute Gasteiger partial charge is 0.383 e. The summed E-state index contributed by atoms with van der Waals surface area (Å²) in [6, 6.07) is 17.0. The molecule has 1 aromatic heterocycles. The lowest BCUT2D eigenvalue weighted by molar-refractivity contribution is -0.141. The van der Waals surface area contributed by atoms with Gasteiger partial charge in [0.25, 0.3) is 0 Å². The molecule has 1 unspecified atom stereocenters. The van der Waals surface area contributed by atoms with Crippen LogP contribution in [0.15, 0.2) is 67.0 Å². The highest BCUT2D eigenvalue weighted by Gasteiger charge is 2.54. The number of hydrogen-bond donors (Lipinski definition) is 1. The van der Waals surface area contributed by atoms with Crippen LogP contribution in [-0.4, -0.2) is 52.7 Å². The Morgan fingerprint density at radius 2 is 1.97 bits per heavy atom. The lowest BCUT2D eigenvalue weighted by atomic mass is 9.74. The molecule has 0 bridgehead atoms. The Kier molecular flexibility index (Phi) is 6.88. The van der Waals surface area contributed by atoms with Crippen LogP contribution in [-0.2, 0) is 31.1 Å². The highest BCUT2D eigenvalue weighted by molar-refractivity contribution is 6.11. The molecule has 1 N–H and O–H groups in total. The minimum absolute atomic E-state index is 0.0391. The number of likely N-dealkylation sites (tertiary alicyclic amines) is 1. The Balaban J connectivity index is 1.54. The van der Waals surface area contributed by atoms with Crippen molar-refractivity contribution in [2.24, 2.45) is 0 Å². The van der Waals surface area contributed by atoms with E-state index in [1.807, 2.05) is 67.7 Å². The van der Waals surface area contributed by atoms with Crippen molar-refractivity contribution in [3.63, 3.8) is 0 Å². The molecule has 1 atom stereocenters. The number of carbonyl (C=O) groups excluding carboxylic acids is 3. The van der Waals surface area contributed by atoms with Crippen molar-refractivity contribution in [3.05, 3.63) is 83.7 Å². The van der Waals surface area contributed by atoms with E-state index >= 15 is 0 Å². The Hall–Kier alpha value is -3.78. The minimum Gasteiger partial charge on any atom is -0.383 e. The number of ether oxygens (including phenoxy) is 1. The van der Waals surface area contributed by atoms with E-state index in [0.29, 0.717) is 12.1 Å². The fraction of sp³-hybridized carbons (Fsp3) is 0.308. The van der Waals surface area contributed by atoms with E-state index in [2.05, 4.69) is 10.4 Å². The van der Waals surface area contributed by atoms with Crippen molar-refractivity contribution >= 4 is 17.7 Å². The molecule has 8 nitrogen and oxygen atoms in total. The maximum Gasteiger partial charge on any atom is 0.240 e. The molecule has 1 aliphatic heterocycles. The van der Waals surface area contributed by atoms with Gasteiger partial charge in [-0.3, -0.25) is 19.3 Å². The number of nitrogens with zero attached hydrogens (tertiary/aromatic N) is 3. The summed E-state index contributed by atoms with van der Waals surface area (Å²) in [5, 5.41) is 7.16. The number of hydrogen-bond acceptors (Lipinski definition) is 5. The smallest absolute Gasteiger partial charge is 0.240 e. The lowest BCUT2D eigenvalue weighted by Crippen LogP contribution is -2.43. The van der Waals surface area contributed by atoms with Crippen molar-refractivity contribution < 1.29 is 19.1 Å². The summed E-state index contributed by atoms with van der Waals surface area (Å²) in [5.41, 5.74) is 2.15. The second kappa shape index (κ2) is 10.0. The number of aromatic nitrogens is 2. The van der Waals surface area contributed by atoms with Gasteiger partial charge in [-0.15, -0.1) is 0 Å². The zero-order valence-electron chi connectivity index (χ0n) is 19.4. The Labute approximate surface area is 198 Å². The first-order chi connectivity index (χ1) is 16.4. The van der Waals surface area contributed by atoms with Crippen LogP contribution >= 0.6 is 0 Å². The van der Waals surface area contributed by atoms with Gasteiger partial charge in [-0.2, -0.15) is 5.10 Å². The second-order valence-electron chi connectivity index (χ2n) is 8.49. The van der Waals surface area contributed by atoms with E-state index in [0.717, 1.165) is 16.8 Å². The van der Waals surface area contributed by atoms with Gasteiger partial charge >= 0.3 is 0 Å². The third-order valence-corrected chi connectivity index (χ3v) is 6.22. The summed E-state index contributed by atoms with van der Waals surface area (Å²) >= 11 is 0. The van der Waals surface area contributed by atoms with Gasteiger partial charge in [-0.25, -0.2) is 4.68 Å². The molecule has 2 heterocycles. The van der Waals surface area contributed by atoms with Crippen LogP contribution in [0.3, 0.4) is 0 Å². The summed E-state index contributed by atoms with van der Waals surface area (Å²) in [4.78, 5) is 40.7. The summed E-state index contributed by atoms with van der Waals surface area (Å²) in [7, 11) is 1.52. The van der Waals surface area contributed by atoms with E-state index < -0.39 is 5.41 Å². The predicted octanol–water partition coefficient (Wildman–Crippen LogP) is 2.53.